The van der Waals surface area contributed by atoms with Gasteiger partial charge in [0, 0.05) is 12.5 Å². The third-order valence-corrected chi connectivity index (χ3v) is 2.01. The van der Waals surface area contributed by atoms with Crippen LogP contribution < -0.4 is 10.6 Å². The Morgan fingerprint density at radius 3 is 2.50 bits per heavy atom. The van der Waals surface area contributed by atoms with Crippen molar-refractivity contribution in [2.75, 3.05) is 18.9 Å². The highest BCUT2D eigenvalue weighted by molar-refractivity contribution is 5.92. The van der Waals surface area contributed by atoms with Gasteiger partial charge < -0.3 is 10.6 Å². The summed E-state index contributed by atoms with van der Waals surface area (Å²) in [6, 6.07) is 0. The summed E-state index contributed by atoms with van der Waals surface area (Å²) >= 11 is 0. The average Bonchev–Trinajstić information content (AvgIpc) is 2.22. The molecule has 6 heteroatoms. The molecule has 1 atom stereocenters. The number of carbonyl (C=O) groups excluding carboxylic acids is 1. The lowest BCUT2D eigenvalue weighted by Gasteiger charge is -2.10. The van der Waals surface area contributed by atoms with Crippen LogP contribution >= 0.6 is 12.4 Å². The summed E-state index contributed by atoms with van der Waals surface area (Å²) < 4.78 is 0. The Morgan fingerprint density at radius 2 is 2.00 bits per heavy atom. The molecule has 0 bridgehead atoms. The van der Waals surface area contributed by atoms with Crippen LogP contribution in [0.5, 0.6) is 0 Å². The van der Waals surface area contributed by atoms with Crippen molar-refractivity contribution in [2.24, 2.45) is 5.92 Å². The highest BCUT2D eigenvalue weighted by Gasteiger charge is 2.11. The largest absolute Gasteiger partial charge is 0.323 e. The van der Waals surface area contributed by atoms with Gasteiger partial charge in [0.25, 0.3) is 0 Å². The molecular weight excluding hydrogens is 228 g/mol. The molecule has 1 unspecified atom stereocenters. The lowest BCUT2D eigenvalue weighted by Crippen LogP contribution is -2.28. The number of hydrogen-bond donors (Lipinski definition) is 2. The van der Waals surface area contributed by atoms with E-state index in [1.165, 1.54) is 0 Å². The summed E-state index contributed by atoms with van der Waals surface area (Å²) in [5.74, 6) is 0.587. The monoisotopic (exact) mass is 244 g/mol. The van der Waals surface area contributed by atoms with E-state index in [2.05, 4.69) is 20.6 Å². The minimum Gasteiger partial charge on any atom is -0.323 e. The summed E-state index contributed by atoms with van der Waals surface area (Å²) in [6.07, 6.45) is 3.21. The van der Waals surface area contributed by atoms with Crippen LogP contribution in [-0.2, 0) is 4.79 Å². The zero-order chi connectivity index (χ0) is 11.3. The molecule has 1 rings (SSSR count). The molecule has 1 amide bonds. The molecule has 1 aromatic heterocycles. The number of anilines is 1. The quantitative estimate of drug-likeness (QED) is 0.829. The zero-order valence-electron chi connectivity index (χ0n) is 9.65. The van der Waals surface area contributed by atoms with Gasteiger partial charge in [-0.25, -0.2) is 9.97 Å². The van der Waals surface area contributed by atoms with E-state index in [4.69, 9.17) is 0 Å². The summed E-state index contributed by atoms with van der Waals surface area (Å²) in [7, 11) is 1.82. The molecule has 90 valence electrons. The predicted octanol–water partition coefficient (Wildman–Crippen LogP) is 1.00. The summed E-state index contributed by atoms with van der Waals surface area (Å²) in [5.41, 5.74) is 0.633. The van der Waals surface area contributed by atoms with Crippen molar-refractivity contribution in [1.82, 2.24) is 15.3 Å². The molecular formula is C10H17ClN4O. The number of carbonyl (C=O) groups is 1. The molecule has 0 aliphatic heterocycles. The molecule has 0 fully saturated rings. The number of rotatable bonds is 4. The van der Waals surface area contributed by atoms with Crippen molar-refractivity contribution < 1.29 is 4.79 Å². The van der Waals surface area contributed by atoms with Crippen LogP contribution in [0.15, 0.2) is 12.4 Å². The van der Waals surface area contributed by atoms with Gasteiger partial charge in [0.15, 0.2) is 0 Å². The standard InChI is InChI=1S/C10H16N4O.ClH/c1-7(4-11-3)10(15)14-9-5-12-8(2)13-6-9;/h5-7,11H,4H2,1-3H3,(H,14,15);1H. The zero-order valence-corrected chi connectivity index (χ0v) is 10.5. The minimum atomic E-state index is -0.0729. The maximum atomic E-state index is 11.6. The van der Waals surface area contributed by atoms with Gasteiger partial charge in [-0.05, 0) is 14.0 Å². The van der Waals surface area contributed by atoms with E-state index in [-0.39, 0.29) is 24.2 Å². The maximum absolute atomic E-state index is 11.6. The first-order chi connectivity index (χ1) is 7.13. The third kappa shape index (κ3) is 4.55. The Morgan fingerprint density at radius 1 is 1.44 bits per heavy atom. The van der Waals surface area contributed by atoms with Gasteiger partial charge in [0.2, 0.25) is 5.91 Å². The topological polar surface area (TPSA) is 66.9 Å². The summed E-state index contributed by atoms with van der Waals surface area (Å²) in [5, 5.41) is 5.70. The van der Waals surface area contributed by atoms with Crippen LogP contribution in [-0.4, -0.2) is 29.5 Å². The van der Waals surface area contributed by atoms with E-state index in [0.29, 0.717) is 18.1 Å². The molecule has 1 heterocycles. The minimum absolute atomic E-state index is 0. The van der Waals surface area contributed by atoms with Crippen LogP contribution in [0.1, 0.15) is 12.7 Å². The molecule has 0 aliphatic rings. The maximum Gasteiger partial charge on any atom is 0.228 e. The molecule has 0 aliphatic carbocycles. The van der Waals surface area contributed by atoms with E-state index in [0.717, 1.165) is 0 Å². The van der Waals surface area contributed by atoms with Gasteiger partial charge in [-0.2, -0.15) is 0 Å². The lowest BCUT2D eigenvalue weighted by atomic mass is 10.1. The second kappa shape index (κ2) is 7.14. The highest BCUT2D eigenvalue weighted by Crippen LogP contribution is 2.05. The number of aryl methyl sites for hydroxylation is 1. The molecule has 2 N–H and O–H groups in total. The molecule has 0 spiro atoms. The Labute approximate surface area is 101 Å². The van der Waals surface area contributed by atoms with Crippen LogP contribution in [0.25, 0.3) is 0 Å². The Hall–Kier alpha value is -1.20. The molecule has 0 aromatic carbocycles. The van der Waals surface area contributed by atoms with Crippen molar-refractivity contribution in [3.05, 3.63) is 18.2 Å². The second-order valence-electron chi connectivity index (χ2n) is 3.47. The van der Waals surface area contributed by atoms with E-state index >= 15 is 0 Å². The van der Waals surface area contributed by atoms with E-state index in [1.54, 1.807) is 19.3 Å². The first kappa shape index (κ1) is 14.8. The summed E-state index contributed by atoms with van der Waals surface area (Å²) in [4.78, 5) is 19.6. The fourth-order valence-electron chi connectivity index (χ4n) is 1.12. The Bertz CT molecular complexity index is 328. The number of nitrogens with one attached hydrogen (secondary N) is 2. The fourth-order valence-corrected chi connectivity index (χ4v) is 1.12. The van der Waals surface area contributed by atoms with Gasteiger partial charge in [-0.3, -0.25) is 4.79 Å². The molecule has 0 radical (unpaired) electrons. The van der Waals surface area contributed by atoms with Gasteiger partial charge in [-0.1, -0.05) is 6.92 Å². The van der Waals surface area contributed by atoms with E-state index in [1.807, 2.05) is 14.0 Å². The van der Waals surface area contributed by atoms with Crippen molar-refractivity contribution in [2.45, 2.75) is 13.8 Å². The highest BCUT2D eigenvalue weighted by atomic mass is 35.5. The number of nitrogens with zero attached hydrogens (tertiary/aromatic N) is 2. The van der Waals surface area contributed by atoms with Crippen molar-refractivity contribution >= 4 is 24.0 Å². The molecule has 1 aromatic rings. The van der Waals surface area contributed by atoms with Crippen LogP contribution in [0, 0.1) is 12.8 Å². The lowest BCUT2D eigenvalue weighted by molar-refractivity contribution is -0.119. The van der Waals surface area contributed by atoms with E-state index < -0.39 is 0 Å². The van der Waals surface area contributed by atoms with Gasteiger partial charge in [0.05, 0.1) is 18.1 Å². The number of hydrogen-bond acceptors (Lipinski definition) is 4. The predicted molar refractivity (Wildman–Crippen MR) is 65.7 cm³/mol. The van der Waals surface area contributed by atoms with E-state index in [9.17, 15) is 4.79 Å². The number of aromatic nitrogens is 2. The molecule has 0 saturated carbocycles. The first-order valence-electron chi connectivity index (χ1n) is 4.87. The smallest absolute Gasteiger partial charge is 0.228 e. The molecule has 16 heavy (non-hydrogen) atoms. The normalized spacial score (nSPS) is 11.4. The molecule has 5 nitrogen and oxygen atoms in total. The van der Waals surface area contributed by atoms with Crippen molar-refractivity contribution in [3.63, 3.8) is 0 Å². The van der Waals surface area contributed by atoms with Crippen LogP contribution in [0.4, 0.5) is 5.69 Å². The Kier molecular flexibility index (Phi) is 6.60. The fraction of sp³-hybridized carbons (Fsp3) is 0.500. The number of amides is 1. The van der Waals surface area contributed by atoms with Gasteiger partial charge >= 0.3 is 0 Å². The van der Waals surface area contributed by atoms with Crippen molar-refractivity contribution in [3.8, 4) is 0 Å². The second-order valence-corrected chi connectivity index (χ2v) is 3.47. The first-order valence-corrected chi connectivity index (χ1v) is 4.87. The Balaban J connectivity index is 0.00000225. The van der Waals surface area contributed by atoms with Crippen LogP contribution in [0.3, 0.4) is 0 Å². The number of halogens is 1. The van der Waals surface area contributed by atoms with Crippen LogP contribution in [0.2, 0.25) is 0 Å². The van der Waals surface area contributed by atoms with Gasteiger partial charge in [-0.15, -0.1) is 12.4 Å². The third-order valence-electron chi connectivity index (χ3n) is 2.01. The average molecular weight is 245 g/mol. The van der Waals surface area contributed by atoms with Crippen molar-refractivity contribution in [1.29, 1.82) is 0 Å². The summed E-state index contributed by atoms with van der Waals surface area (Å²) in [6.45, 7) is 4.31. The SMILES string of the molecule is CNCC(C)C(=O)Nc1cnc(C)nc1.Cl. The van der Waals surface area contributed by atoms with Gasteiger partial charge in [0.1, 0.15) is 5.82 Å². The molecule has 0 saturated heterocycles.